The molecule has 1 aliphatic heterocycles. The fourth-order valence-electron chi connectivity index (χ4n) is 3.02. The average Bonchev–Trinajstić information content (AvgIpc) is 2.62. The summed E-state index contributed by atoms with van der Waals surface area (Å²) in [4.78, 5) is 15.6. The van der Waals surface area contributed by atoms with Gasteiger partial charge in [-0.15, -0.1) is 0 Å². The van der Waals surface area contributed by atoms with Gasteiger partial charge in [-0.1, -0.05) is 6.07 Å². The lowest BCUT2D eigenvalue weighted by molar-refractivity contribution is -0.137. The highest BCUT2D eigenvalue weighted by molar-refractivity contribution is 5.77. The van der Waals surface area contributed by atoms with Crippen LogP contribution in [0.25, 0.3) is 0 Å². The van der Waals surface area contributed by atoms with Crippen molar-refractivity contribution in [3.8, 4) is 0 Å². The number of anilines is 1. The largest absolute Gasteiger partial charge is 0.416 e. The molecule has 1 fully saturated rings. The Bertz CT molecular complexity index is 572. The number of carbonyl (C=O) groups excluding carboxylic acids is 1. The normalized spacial score (nSPS) is 15.9. The van der Waals surface area contributed by atoms with E-state index in [1.165, 1.54) is 12.1 Å². The molecule has 0 aromatic heterocycles. The third kappa shape index (κ3) is 6.49. The number of halogens is 3. The molecule has 8 heteroatoms. The molecule has 1 aromatic carbocycles. The smallest absolute Gasteiger partial charge is 0.369 e. The number of benzene rings is 1. The molecule has 1 saturated heterocycles. The van der Waals surface area contributed by atoms with E-state index < -0.39 is 11.7 Å². The first-order valence-corrected chi connectivity index (χ1v) is 8.96. The Morgan fingerprint density at radius 3 is 2.54 bits per heavy atom. The molecule has 1 heterocycles. The van der Waals surface area contributed by atoms with Crippen LogP contribution in [0.4, 0.5) is 18.9 Å². The Labute approximate surface area is 152 Å². The van der Waals surface area contributed by atoms with Crippen LogP contribution in [-0.4, -0.2) is 63.7 Å². The first-order valence-electron chi connectivity index (χ1n) is 8.96. The molecule has 26 heavy (non-hydrogen) atoms. The Balaban J connectivity index is 1.68. The predicted octanol–water partition coefficient (Wildman–Crippen LogP) is 1.94. The lowest BCUT2D eigenvalue weighted by Gasteiger charge is -2.36. The molecule has 0 bridgehead atoms. The van der Waals surface area contributed by atoms with Crippen LogP contribution in [0.5, 0.6) is 0 Å². The number of nitrogens with zero attached hydrogens (tertiary/aromatic N) is 2. The van der Waals surface area contributed by atoms with Gasteiger partial charge in [0.05, 0.1) is 12.1 Å². The van der Waals surface area contributed by atoms with Gasteiger partial charge in [-0.2, -0.15) is 13.2 Å². The van der Waals surface area contributed by atoms with Gasteiger partial charge in [0.1, 0.15) is 0 Å². The second-order valence-electron chi connectivity index (χ2n) is 6.46. The van der Waals surface area contributed by atoms with Gasteiger partial charge in [-0.3, -0.25) is 9.69 Å². The van der Waals surface area contributed by atoms with Crippen molar-refractivity contribution in [1.82, 2.24) is 15.5 Å². The molecule has 1 aromatic rings. The molecular formula is C18H27F3N4O. The van der Waals surface area contributed by atoms with E-state index in [1.807, 2.05) is 4.90 Å². The van der Waals surface area contributed by atoms with Crippen molar-refractivity contribution in [3.05, 3.63) is 29.8 Å². The summed E-state index contributed by atoms with van der Waals surface area (Å²) >= 11 is 0. The Morgan fingerprint density at radius 2 is 1.88 bits per heavy atom. The fraction of sp³-hybridized carbons (Fsp3) is 0.611. The van der Waals surface area contributed by atoms with Gasteiger partial charge in [0, 0.05) is 38.4 Å². The SMILES string of the molecule is CNCC(=O)NCCCCN1CCN(c2cccc(C(F)(F)F)c2)CC1. The van der Waals surface area contributed by atoms with Crippen molar-refractivity contribution < 1.29 is 18.0 Å². The Hall–Kier alpha value is -1.80. The molecule has 0 aliphatic carbocycles. The molecular weight excluding hydrogens is 345 g/mol. The third-order valence-electron chi connectivity index (χ3n) is 4.47. The van der Waals surface area contributed by atoms with Crippen molar-refractivity contribution in [2.24, 2.45) is 0 Å². The summed E-state index contributed by atoms with van der Waals surface area (Å²) in [6, 6.07) is 5.53. The van der Waals surface area contributed by atoms with Crippen LogP contribution in [0.2, 0.25) is 0 Å². The molecule has 1 amide bonds. The molecule has 2 rings (SSSR count). The number of alkyl halides is 3. The number of hydrogen-bond acceptors (Lipinski definition) is 4. The van der Waals surface area contributed by atoms with Crippen LogP contribution in [0.3, 0.4) is 0 Å². The summed E-state index contributed by atoms with van der Waals surface area (Å²) in [5.74, 6) is 0.00204. The number of piperazine rings is 1. The first-order chi connectivity index (χ1) is 12.4. The predicted molar refractivity (Wildman–Crippen MR) is 96.3 cm³/mol. The van der Waals surface area contributed by atoms with Gasteiger partial charge in [0.15, 0.2) is 0 Å². The van der Waals surface area contributed by atoms with Gasteiger partial charge in [0.25, 0.3) is 0 Å². The molecule has 5 nitrogen and oxygen atoms in total. The molecule has 146 valence electrons. The zero-order valence-corrected chi connectivity index (χ0v) is 15.1. The Morgan fingerprint density at radius 1 is 1.15 bits per heavy atom. The number of rotatable bonds is 8. The molecule has 0 saturated carbocycles. The summed E-state index contributed by atoms with van der Waals surface area (Å²) in [5.41, 5.74) is 0.0319. The van der Waals surface area contributed by atoms with Gasteiger partial charge >= 0.3 is 6.18 Å². The second-order valence-corrected chi connectivity index (χ2v) is 6.46. The van der Waals surface area contributed by atoms with E-state index in [9.17, 15) is 18.0 Å². The number of amides is 1. The number of likely N-dealkylation sites (N-methyl/N-ethyl adjacent to an activating group) is 1. The van der Waals surface area contributed by atoms with Crippen molar-refractivity contribution in [2.45, 2.75) is 19.0 Å². The minimum atomic E-state index is -4.31. The minimum absolute atomic E-state index is 0.00204. The summed E-state index contributed by atoms with van der Waals surface area (Å²) < 4.78 is 38.5. The van der Waals surface area contributed by atoms with Gasteiger partial charge in [-0.25, -0.2) is 0 Å². The highest BCUT2D eigenvalue weighted by Crippen LogP contribution is 2.31. The molecule has 0 atom stereocenters. The van der Waals surface area contributed by atoms with Crippen molar-refractivity contribution in [2.75, 3.05) is 57.8 Å². The number of unbranched alkanes of at least 4 members (excludes halogenated alkanes) is 1. The summed E-state index contributed by atoms with van der Waals surface area (Å²) in [6.07, 6.45) is -2.40. The van der Waals surface area contributed by atoms with Gasteiger partial charge in [0.2, 0.25) is 5.91 Å². The standard InChI is InChI=1S/C18H27F3N4O/c1-22-14-17(26)23-7-2-3-8-24-9-11-25(12-10-24)16-6-4-5-15(13-16)18(19,20)21/h4-6,13,22H,2-3,7-12,14H2,1H3,(H,23,26). The van der Waals surface area contributed by atoms with E-state index in [1.54, 1.807) is 13.1 Å². The van der Waals surface area contributed by atoms with Crippen LogP contribution in [0.1, 0.15) is 18.4 Å². The van der Waals surface area contributed by atoms with E-state index >= 15 is 0 Å². The molecule has 0 radical (unpaired) electrons. The molecule has 2 N–H and O–H groups in total. The lowest BCUT2D eigenvalue weighted by atomic mass is 10.1. The third-order valence-corrected chi connectivity index (χ3v) is 4.47. The zero-order chi connectivity index (χ0) is 19.0. The van der Waals surface area contributed by atoms with Crippen LogP contribution in [0, 0.1) is 0 Å². The minimum Gasteiger partial charge on any atom is -0.369 e. The summed E-state index contributed by atoms with van der Waals surface area (Å²) in [7, 11) is 1.73. The van der Waals surface area contributed by atoms with Crippen molar-refractivity contribution in [1.29, 1.82) is 0 Å². The van der Waals surface area contributed by atoms with Crippen LogP contribution in [0.15, 0.2) is 24.3 Å². The van der Waals surface area contributed by atoms with E-state index in [2.05, 4.69) is 15.5 Å². The monoisotopic (exact) mass is 372 g/mol. The quantitative estimate of drug-likeness (QED) is 0.685. The van der Waals surface area contributed by atoms with E-state index in [-0.39, 0.29) is 5.91 Å². The second kappa shape index (κ2) is 9.78. The number of carbonyl (C=O) groups is 1. The highest BCUT2D eigenvalue weighted by atomic mass is 19.4. The van der Waals surface area contributed by atoms with E-state index in [4.69, 9.17) is 0 Å². The van der Waals surface area contributed by atoms with E-state index in [0.717, 1.165) is 51.6 Å². The Kier molecular flexibility index (Phi) is 7.71. The first kappa shape index (κ1) is 20.5. The van der Waals surface area contributed by atoms with Crippen molar-refractivity contribution in [3.63, 3.8) is 0 Å². The lowest BCUT2D eigenvalue weighted by Crippen LogP contribution is -2.46. The summed E-state index contributed by atoms with van der Waals surface area (Å²) in [6.45, 7) is 5.06. The molecule has 0 unspecified atom stereocenters. The highest BCUT2D eigenvalue weighted by Gasteiger charge is 2.31. The maximum Gasteiger partial charge on any atom is 0.416 e. The topological polar surface area (TPSA) is 47.6 Å². The van der Waals surface area contributed by atoms with Crippen LogP contribution < -0.4 is 15.5 Å². The fourth-order valence-corrected chi connectivity index (χ4v) is 3.02. The van der Waals surface area contributed by atoms with Crippen LogP contribution >= 0.6 is 0 Å². The maximum absolute atomic E-state index is 12.8. The number of hydrogen-bond donors (Lipinski definition) is 2. The molecule has 0 spiro atoms. The van der Waals surface area contributed by atoms with E-state index in [0.29, 0.717) is 18.8 Å². The summed E-state index contributed by atoms with van der Waals surface area (Å²) in [5, 5.41) is 5.65. The van der Waals surface area contributed by atoms with Crippen LogP contribution in [-0.2, 0) is 11.0 Å². The zero-order valence-electron chi connectivity index (χ0n) is 15.1. The van der Waals surface area contributed by atoms with Crippen molar-refractivity contribution >= 4 is 11.6 Å². The average molecular weight is 372 g/mol. The molecule has 1 aliphatic rings. The maximum atomic E-state index is 12.8. The number of nitrogens with one attached hydrogen (secondary N) is 2. The van der Waals surface area contributed by atoms with Gasteiger partial charge in [-0.05, 0) is 44.6 Å². The van der Waals surface area contributed by atoms with Gasteiger partial charge < -0.3 is 15.5 Å².